The van der Waals surface area contributed by atoms with Gasteiger partial charge in [-0.05, 0) is 55.2 Å². The predicted molar refractivity (Wildman–Crippen MR) is 113 cm³/mol. The van der Waals surface area contributed by atoms with E-state index in [9.17, 15) is 9.18 Å². The van der Waals surface area contributed by atoms with Crippen LogP contribution in [0.1, 0.15) is 49.8 Å². The number of hydrogen-bond acceptors (Lipinski definition) is 3. The van der Waals surface area contributed by atoms with Crippen molar-refractivity contribution in [2.75, 3.05) is 31.2 Å². The first-order valence-corrected chi connectivity index (χ1v) is 10.6. The van der Waals surface area contributed by atoms with Crippen LogP contribution in [-0.2, 0) is 14.9 Å². The maximum atomic E-state index is 13.8. The van der Waals surface area contributed by atoms with E-state index in [4.69, 9.17) is 4.74 Å². The number of halogens is 1. The van der Waals surface area contributed by atoms with E-state index in [1.807, 2.05) is 13.0 Å². The Morgan fingerprint density at radius 3 is 2.45 bits per heavy atom. The molecule has 1 amide bonds. The third-order valence-electron chi connectivity index (χ3n) is 6.39. The number of carbonyl (C=O) groups is 1. The molecular formula is C24H29FN2O2. The van der Waals surface area contributed by atoms with Crippen molar-refractivity contribution < 1.29 is 13.9 Å². The molecule has 2 fully saturated rings. The summed E-state index contributed by atoms with van der Waals surface area (Å²) in [4.78, 5) is 15.6. The maximum absolute atomic E-state index is 13.8. The molecule has 1 aliphatic heterocycles. The van der Waals surface area contributed by atoms with Gasteiger partial charge in [-0.1, -0.05) is 37.1 Å². The molecule has 29 heavy (non-hydrogen) atoms. The van der Waals surface area contributed by atoms with Crippen molar-refractivity contribution in [3.8, 4) is 0 Å². The zero-order valence-electron chi connectivity index (χ0n) is 17.0. The van der Waals surface area contributed by atoms with Gasteiger partial charge in [0, 0.05) is 18.8 Å². The van der Waals surface area contributed by atoms with E-state index in [-0.39, 0.29) is 17.8 Å². The van der Waals surface area contributed by atoms with Crippen LogP contribution in [0.15, 0.2) is 48.5 Å². The fourth-order valence-corrected chi connectivity index (χ4v) is 4.63. The van der Waals surface area contributed by atoms with Crippen LogP contribution in [0.2, 0.25) is 0 Å². The van der Waals surface area contributed by atoms with Crippen LogP contribution in [0.5, 0.6) is 0 Å². The van der Waals surface area contributed by atoms with Gasteiger partial charge in [-0.15, -0.1) is 0 Å². The normalized spacial score (nSPS) is 19.7. The number of benzene rings is 2. The highest BCUT2D eigenvalue weighted by Gasteiger charge is 2.43. The van der Waals surface area contributed by atoms with Gasteiger partial charge in [0.05, 0.1) is 24.7 Å². The van der Waals surface area contributed by atoms with Crippen molar-refractivity contribution in [3.05, 3.63) is 65.5 Å². The molecule has 1 unspecified atom stereocenters. The highest BCUT2D eigenvalue weighted by molar-refractivity contribution is 5.89. The first-order valence-electron chi connectivity index (χ1n) is 10.6. The lowest BCUT2D eigenvalue weighted by atomic mass is 9.77. The van der Waals surface area contributed by atoms with E-state index in [0.29, 0.717) is 0 Å². The van der Waals surface area contributed by atoms with Crippen molar-refractivity contribution in [3.63, 3.8) is 0 Å². The average Bonchev–Trinajstić information content (AvgIpc) is 3.26. The largest absolute Gasteiger partial charge is 0.378 e. The molecule has 1 saturated carbocycles. The molecule has 2 aromatic carbocycles. The molecule has 1 saturated heterocycles. The summed E-state index contributed by atoms with van der Waals surface area (Å²) in [5.74, 6) is -0.279. The molecule has 0 radical (unpaired) electrons. The third-order valence-corrected chi connectivity index (χ3v) is 6.39. The molecule has 4 rings (SSSR count). The van der Waals surface area contributed by atoms with Crippen LogP contribution < -0.4 is 10.2 Å². The summed E-state index contributed by atoms with van der Waals surface area (Å²) in [6, 6.07) is 14.8. The highest BCUT2D eigenvalue weighted by atomic mass is 19.1. The van der Waals surface area contributed by atoms with Crippen molar-refractivity contribution in [2.45, 2.75) is 44.1 Å². The van der Waals surface area contributed by atoms with Crippen molar-refractivity contribution in [1.29, 1.82) is 0 Å². The average molecular weight is 397 g/mol. The predicted octanol–water partition coefficient (Wildman–Crippen LogP) is 4.35. The summed E-state index contributed by atoms with van der Waals surface area (Å²) in [6.07, 6.45) is 3.52. The standard InChI is InChI=1S/C24H29FN2O2/c1-18(19-7-9-22(10-8-19)27-13-15-29-16-14-27)26-23(28)24(11-2-3-12-24)20-5-4-6-21(25)17-20/h4-10,17-18H,2-3,11-16H2,1H3,(H,26,28). The second-order valence-corrected chi connectivity index (χ2v) is 8.19. The number of ether oxygens (including phenoxy) is 1. The number of nitrogens with zero attached hydrogens (tertiary/aromatic N) is 1. The fraction of sp³-hybridized carbons (Fsp3) is 0.458. The number of nitrogens with one attached hydrogen (secondary N) is 1. The summed E-state index contributed by atoms with van der Waals surface area (Å²) in [7, 11) is 0. The number of anilines is 1. The Morgan fingerprint density at radius 1 is 1.10 bits per heavy atom. The molecule has 1 heterocycles. The van der Waals surface area contributed by atoms with E-state index in [0.717, 1.165) is 63.1 Å². The minimum Gasteiger partial charge on any atom is -0.378 e. The van der Waals surface area contributed by atoms with Crippen LogP contribution >= 0.6 is 0 Å². The zero-order valence-corrected chi connectivity index (χ0v) is 17.0. The number of hydrogen-bond donors (Lipinski definition) is 1. The molecule has 0 aromatic heterocycles. The van der Waals surface area contributed by atoms with E-state index in [1.54, 1.807) is 6.07 Å². The Bertz CT molecular complexity index is 840. The molecule has 154 valence electrons. The van der Waals surface area contributed by atoms with Gasteiger partial charge >= 0.3 is 0 Å². The number of carbonyl (C=O) groups excluding carboxylic acids is 1. The van der Waals surface area contributed by atoms with Gasteiger partial charge in [0.2, 0.25) is 5.91 Å². The quantitative estimate of drug-likeness (QED) is 0.817. The lowest BCUT2D eigenvalue weighted by molar-refractivity contribution is -0.127. The van der Waals surface area contributed by atoms with Crippen LogP contribution in [0.4, 0.5) is 10.1 Å². The van der Waals surface area contributed by atoms with Crippen LogP contribution in [-0.4, -0.2) is 32.2 Å². The van der Waals surface area contributed by atoms with E-state index >= 15 is 0 Å². The van der Waals surface area contributed by atoms with E-state index in [2.05, 4.69) is 34.5 Å². The van der Waals surface area contributed by atoms with Crippen molar-refractivity contribution in [1.82, 2.24) is 5.32 Å². The smallest absolute Gasteiger partial charge is 0.231 e. The zero-order chi connectivity index (χ0) is 20.3. The Kier molecular flexibility index (Phi) is 5.86. The molecular weight excluding hydrogens is 367 g/mol. The minimum absolute atomic E-state index is 0.00496. The van der Waals surface area contributed by atoms with Crippen LogP contribution in [0, 0.1) is 5.82 Å². The van der Waals surface area contributed by atoms with Crippen LogP contribution in [0.25, 0.3) is 0 Å². The molecule has 2 aromatic rings. The van der Waals surface area contributed by atoms with Gasteiger partial charge in [0.1, 0.15) is 5.82 Å². The van der Waals surface area contributed by atoms with Gasteiger partial charge in [0.15, 0.2) is 0 Å². The number of rotatable bonds is 5. The van der Waals surface area contributed by atoms with E-state index in [1.165, 1.54) is 17.8 Å². The van der Waals surface area contributed by atoms with Gasteiger partial charge in [-0.3, -0.25) is 4.79 Å². The van der Waals surface area contributed by atoms with E-state index < -0.39 is 5.41 Å². The lowest BCUT2D eigenvalue weighted by Crippen LogP contribution is -2.43. The summed E-state index contributed by atoms with van der Waals surface area (Å²) in [6.45, 7) is 5.34. The third kappa shape index (κ3) is 4.15. The summed E-state index contributed by atoms with van der Waals surface area (Å²) in [5, 5.41) is 3.20. The minimum atomic E-state index is -0.621. The van der Waals surface area contributed by atoms with Crippen molar-refractivity contribution >= 4 is 11.6 Å². The topological polar surface area (TPSA) is 41.6 Å². The second kappa shape index (κ2) is 8.54. The SMILES string of the molecule is CC(NC(=O)C1(c2cccc(F)c2)CCCC1)c1ccc(N2CCOCC2)cc1. The second-order valence-electron chi connectivity index (χ2n) is 8.19. The van der Waals surface area contributed by atoms with Crippen molar-refractivity contribution in [2.24, 2.45) is 0 Å². The van der Waals surface area contributed by atoms with Gasteiger partial charge in [-0.2, -0.15) is 0 Å². The summed E-state index contributed by atoms with van der Waals surface area (Å²) >= 11 is 0. The fourth-order valence-electron chi connectivity index (χ4n) is 4.63. The molecule has 0 spiro atoms. The summed E-state index contributed by atoms with van der Waals surface area (Å²) < 4.78 is 19.2. The Balaban J connectivity index is 1.48. The lowest BCUT2D eigenvalue weighted by Gasteiger charge is -2.31. The molecule has 0 bridgehead atoms. The number of morpholine rings is 1. The molecule has 4 nitrogen and oxygen atoms in total. The molecule has 1 aliphatic carbocycles. The first-order chi connectivity index (χ1) is 14.1. The number of amides is 1. The molecule has 1 atom stereocenters. The van der Waals surface area contributed by atoms with Gasteiger partial charge in [0.25, 0.3) is 0 Å². The summed E-state index contributed by atoms with van der Waals surface area (Å²) in [5.41, 5.74) is 2.43. The highest BCUT2D eigenvalue weighted by Crippen LogP contribution is 2.42. The molecule has 2 aliphatic rings. The van der Waals surface area contributed by atoms with Gasteiger partial charge in [-0.25, -0.2) is 4.39 Å². The Hall–Kier alpha value is -2.40. The molecule has 1 N–H and O–H groups in total. The van der Waals surface area contributed by atoms with Crippen LogP contribution in [0.3, 0.4) is 0 Å². The first kappa shape index (κ1) is 19.9. The Labute approximate surface area is 172 Å². The maximum Gasteiger partial charge on any atom is 0.231 e. The monoisotopic (exact) mass is 396 g/mol. The molecule has 5 heteroatoms. The Morgan fingerprint density at radius 2 is 1.79 bits per heavy atom. The van der Waals surface area contributed by atoms with Gasteiger partial charge < -0.3 is 15.0 Å².